The van der Waals surface area contributed by atoms with Gasteiger partial charge < -0.3 is 9.73 Å². The van der Waals surface area contributed by atoms with Crippen LogP contribution in [0.25, 0.3) is 6.08 Å². The number of anilines is 2. The van der Waals surface area contributed by atoms with Gasteiger partial charge in [-0.2, -0.15) is 10.5 Å². The van der Waals surface area contributed by atoms with E-state index in [1.807, 2.05) is 18.2 Å². The van der Waals surface area contributed by atoms with Crippen LogP contribution >= 0.6 is 11.6 Å². The number of furan rings is 1. The predicted octanol–water partition coefficient (Wildman–Crippen LogP) is 4.11. The summed E-state index contributed by atoms with van der Waals surface area (Å²) in [5.74, 6) is 0.905. The number of nitrogens with zero attached hydrogens (tertiary/aromatic N) is 2. The summed E-state index contributed by atoms with van der Waals surface area (Å²) in [4.78, 5) is 0. The number of hydrogen-bond donors (Lipinski definition) is 1. The fourth-order valence-electron chi connectivity index (χ4n) is 1.42. The van der Waals surface area contributed by atoms with Crippen LogP contribution in [0.1, 0.15) is 5.76 Å². The molecule has 1 N–H and O–H groups in total. The summed E-state index contributed by atoms with van der Waals surface area (Å²) in [5.41, 5.74) is 0.702. The fourth-order valence-corrected chi connectivity index (χ4v) is 1.61. The van der Waals surface area contributed by atoms with Crippen LogP contribution in [0, 0.1) is 22.7 Å². The van der Waals surface area contributed by atoms with Gasteiger partial charge in [-0.05, 0) is 18.2 Å². The van der Waals surface area contributed by atoms with E-state index in [1.54, 1.807) is 30.3 Å². The lowest BCUT2D eigenvalue weighted by atomic mass is 10.3. The lowest BCUT2D eigenvalue weighted by molar-refractivity contribution is 0.574. The lowest BCUT2D eigenvalue weighted by Crippen LogP contribution is -1.88. The van der Waals surface area contributed by atoms with Crippen LogP contribution in [0.4, 0.5) is 11.6 Å². The smallest absolute Gasteiger partial charge is 0.197 e. The molecule has 0 radical (unpaired) electrons. The molecule has 1 heterocycles. The zero-order chi connectivity index (χ0) is 13.7. The second kappa shape index (κ2) is 5.77. The van der Waals surface area contributed by atoms with E-state index < -0.39 is 0 Å². The molecule has 92 valence electrons. The minimum atomic E-state index is -0.0151. The van der Waals surface area contributed by atoms with Crippen molar-refractivity contribution in [2.75, 3.05) is 5.32 Å². The fraction of sp³-hybridized carbons (Fsp3) is 0. The average Bonchev–Trinajstić information content (AvgIpc) is 2.86. The Kier molecular flexibility index (Phi) is 3.87. The van der Waals surface area contributed by atoms with Gasteiger partial charge in [0.25, 0.3) is 0 Å². The van der Waals surface area contributed by atoms with Crippen molar-refractivity contribution in [1.29, 1.82) is 10.5 Å². The number of para-hydroxylation sites is 1. The van der Waals surface area contributed by atoms with Gasteiger partial charge in [0.2, 0.25) is 0 Å². The second-order valence-electron chi connectivity index (χ2n) is 3.59. The van der Waals surface area contributed by atoms with Crippen molar-refractivity contribution in [2.45, 2.75) is 0 Å². The maximum atomic E-state index is 8.65. The molecule has 0 aliphatic carbocycles. The van der Waals surface area contributed by atoms with E-state index in [-0.39, 0.29) is 5.57 Å². The van der Waals surface area contributed by atoms with Gasteiger partial charge in [0, 0.05) is 12.1 Å². The van der Waals surface area contributed by atoms with E-state index in [0.717, 1.165) is 5.69 Å². The summed E-state index contributed by atoms with van der Waals surface area (Å²) in [5, 5.41) is 20.9. The minimum absolute atomic E-state index is 0.0151. The highest BCUT2D eigenvalue weighted by molar-refractivity contribution is 6.33. The zero-order valence-electron chi connectivity index (χ0n) is 9.72. The van der Waals surface area contributed by atoms with Gasteiger partial charge in [-0.1, -0.05) is 23.7 Å². The van der Waals surface area contributed by atoms with Crippen molar-refractivity contribution in [1.82, 2.24) is 0 Å². The van der Waals surface area contributed by atoms with Crippen molar-refractivity contribution in [3.8, 4) is 12.1 Å². The Labute approximate surface area is 115 Å². The largest absolute Gasteiger partial charge is 0.441 e. The van der Waals surface area contributed by atoms with Crippen LogP contribution in [-0.4, -0.2) is 0 Å². The summed E-state index contributed by atoms with van der Waals surface area (Å²) in [6, 6.07) is 14.1. The molecular formula is C14H8ClN3O. The summed E-state index contributed by atoms with van der Waals surface area (Å²) in [7, 11) is 0. The quantitative estimate of drug-likeness (QED) is 0.851. The first kappa shape index (κ1) is 12.8. The maximum absolute atomic E-state index is 8.65. The number of nitrogens with one attached hydrogen (secondary N) is 1. The molecule has 0 unspecified atom stereocenters. The predicted molar refractivity (Wildman–Crippen MR) is 72.6 cm³/mol. The van der Waals surface area contributed by atoms with E-state index in [4.69, 9.17) is 26.5 Å². The van der Waals surface area contributed by atoms with Crippen LogP contribution in [0.3, 0.4) is 0 Å². The first-order valence-electron chi connectivity index (χ1n) is 5.36. The molecule has 19 heavy (non-hydrogen) atoms. The molecule has 0 spiro atoms. The Morgan fingerprint density at radius 2 is 1.89 bits per heavy atom. The highest BCUT2D eigenvalue weighted by Crippen LogP contribution is 2.26. The van der Waals surface area contributed by atoms with Gasteiger partial charge in [0.1, 0.15) is 23.5 Å². The van der Waals surface area contributed by atoms with Crippen molar-refractivity contribution in [2.24, 2.45) is 0 Å². The monoisotopic (exact) mass is 269 g/mol. The molecule has 0 bridgehead atoms. The van der Waals surface area contributed by atoms with Crippen molar-refractivity contribution < 1.29 is 4.42 Å². The molecule has 0 aliphatic heterocycles. The van der Waals surface area contributed by atoms with E-state index in [9.17, 15) is 0 Å². The van der Waals surface area contributed by atoms with Gasteiger partial charge in [-0.15, -0.1) is 0 Å². The molecule has 2 rings (SSSR count). The highest BCUT2D eigenvalue weighted by atomic mass is 35.5. The topological polar surface area (TPSA) is 72.8 Å². The Bertz CT molecular complexity index is 688. The normalized spacial score (nSPS) is 9.21. The molecule has 1 aromatic carbocycles. The SMILES string of the molecule is N#CC(C#N)=Cc1ccc(Nc2ccccc2Cl)o1. The van der Waals surface area contributed by atoms with Gasteiger partial charge in [-0.25, -0.2) is 0 Å². The minimum Gasteiger partial charge on any atom is -0.441 e. The number of rotatable bonds is 3. The number of halogens is 1. The summed E-state index contributed by atoms with van der Waals surface area (Å²) in [6.45, 7) is 0. The van der Waals surface area contributed by atoms with Crippen LogP contribution in [0.2, 0.25) is 5.02 Å². The number of hydrogen-bond acceptors (Lipinski definition) is 4. The molecule has 1 aromatic heterocycles. The molecule has 4 nitrogen and oxygen atoms in total. The maximum Gasteiger partial charge on any atom is 0.197 e. The standard InChI is InChI=1S/C14H8ClN3O/c15-12-3-1-2-4-13(12)18-14-6-5-11(19-14)7-10(8-16)9-17/h1-7,18H. The van der Waals surface area contributed by atoms with Crippen LogP contribution < -0.4 is 5.32 Å². The number of benzene rings is 1. The molecule has 0 saturated heterocycles. The molecule has 0 aliphatic rings. The van der Waals surface area contributed by atoms with Gasteiger partial charge in [-0.3, -0.25) is 0 Å². The van der Waals surface area contributed by atoms with Crippen molar-refractivity contribution >= 4 is 29.2 Å². The first-order valence-corrected chi connectivity index (χ1v) is 5.74. The third kappa shape index (κ3) is 3.16. The van der Waals surface area contributed by atoms with Gasteiger partial charge in [0.05, 0.1) is 10.7 Å². The van der Waals surface area contributed by atoms with E-state index in [0.29, 0.717) is 16.7 Å². The summed E-state index contributed by atoms with van der Waals surface area (Å²) >= 11 is 6.01. The summed E-state index contributed by atoms with van der Waals surface area (Å²) < 4.78 is 5.43. The highest BCUT2D eigenvalue weighted by Gasteiger charge is 2.04. The Balaban J connectivity index is 2.20. The van der Waals surface area contributed by atoms with E-state index in [2.05, 4.69) is 5.32 Å². The molecule has 2 aromatic rings. The zero-order valence-corrected chi connectivity index (χ0v) is 10.5. The molecule has 0 atom stereocenters. The third-order valence-electron chi connectivity index (χ3n) is 2.29. The lowest BCUT2D eigenvalue weighted by Gasteiger charge is -2.04. The number of allylic oxidation sites excluding steroid dienone is 1. The Morgan fingerprint density at radius 1 is 1.16 bits per heavy atom. The Morgan fingerprint density at radius 3 is 2.58 bits per heavy atom. The van der Waals surface area contributed by atoms with Crippen LogP contribution in [0.15, 0.2) is 46.4 Å². The molecular weight excluding hydrogens is 262 g/mol. The van der Waals surface area contributed by atoms with Crippen molar-refractivity contribution in [3.63, 3.8) is 0 Å². The van der Waals surface area contributed by atoms with E-state index >= 15 is 0 Å². The second-order valence-corrected chi connectivity index (χ2v) is 4.00. The van der Waals surface area contributed by atoms with Crippen LogP contribution in [0.5, 0.6) is 0 Å². The van der Waals surface area contributed by atoms with Crippen LogP contribution in [-0.2, 0) is 0 Å². The molecule has 5 heteroatoms. The van der Waals surface area contributed by atoms with E-state index in [1.165, 1.54) is 6.08 Å². The Hall–Kier alpha value is -2.69. The van der Waals surface area contributed by atoms with Gasteiger partial charge >= 0.3 is 0 Å². The molecule has 0 amide bonds. The third-order valence-corrected chi connectivity index (χ3v) is 2.62. The molecule has 0 saturated carbocycles. The van der Waals surface area contributed by atoms with Crippen molar-refractivity contribution in [3.05, 3.63) is 52.8 Å². The average molecular weight is 270 g/mol. The first-order chi connectivity index (χ1) is 9.22. The van der Waals surface area contributed by atoms with Gasteiger partial charge in [0.15, 0.2) is 5.88 Å². The molecule has 0 fully saturated rings. The number of nitriles is 2. The summed E-state index contributed by atoms with van der Waals surface area (Å²) in [6.07, 6.45) is 1.37.